The lowest BCUT2D eigenvalue weighted by Gasteiger charge is -2.30. The first-order valence-corrected chi connectivity index (χ1v) is 34.1. The number of quaternary nitrogens is 1. The Balaban J connectivity index is 5.26. The van der Waals surface area contributed by atoms with Crippen LogP contribution in [0, 0.1) is 0 Å². The molecule has 0 rings (SSSR count). The maximum atomic E-state index is 13.6. The van der Waals surface area contributed by atoms with Gasteiger partial charge >= 0.3 is 5.97 Å². The van der Waals surface area contributed by atoms with Crippen molar-refractivity contribution in [2.45, 2.75) is 315 Å². The van der Waals surface area contributed by atoms with Crippen LogP contribution in [0.5, 0.6) is 0 Å². The molecule has 1 amide bonds. The predicted molar refractivity (Wildman–Crippen MR) is 330 cm³/mol. The van der Waals surface area contributed by atoms with Crippen LogP contribution >= 0.6 is 7.82 Å². The van der Waals surface area contributed by atoms with Gasteiger partial charge in [-0.05, 0) is 96.0 Å². The fourth-order valence-corrected chi connectivity index (χ4v) is 10.1. The molecule has 0 radical (unpaired) electrons. The van der Waals surface area contributed by atoms with E-state index in [9.17, 15) is 19.0 Å². The van der Waals surface area contributed by atoms with E-state index < -0.39 is 26.6 Å². The molecule has 3 unspecified atom stereocenters. The SMILES string of the molecule is CCCCC/C=C\C/C=C\C/C=C\CCCCCCCCC(=O)OC(/C=C/CCCCCCCCCCCCC)C(COP(=O)([O-])OCC[N+](C)(C)C)NC(=O)CCCCCCCCCCC/C=C/CCCCCCCC. The van der Waals surface area contributed by atoms with Crippen molar-refractivity contribution in [1.29, 1.82) is 0 Å². The van der Waals surface area contributed by atoms with E-state index in [1.54, 1.807) is 0 Å². The number of unbranched alkanes of at least 4 members (excludes halogenated alkanes) is 35. The highest BCUT2D eigenvalue weighted by molar-refractivity contribution is 7.45. The first-order valence-electron chi connectivity index (χ1n) is 32.6. The zero-order valence-corrected chi connectivity index (χ0v) is 52.3. The van der Waals surface area contributed by atoms with Gasteiger partial charge in [0.1, 0.15) is 19.3 Å². The van der Waals surface area contributed by atoms with Crippen LogP contribution in [-0.2, 0) is 27.9 Å². The van der Waals surface area contributed by atoms with Crippen LogP contribution in [0.4, 0.5) is 0 Å². The zero-order chi connectivity index (χ0) is 56.4. The molecule has 0 bridgehead atoms. The predicted octanol–water partition coefficient (Wildman–Crippen LogP) is 19.6. The average molecular weight is 1100 g/mol. The molecule has 3 atom stereocenters. The van der Waals surface area contributed by atoms with Crippen molar-refractivity contribution in [2.24, 2.45) is 0 Å². The molecule has 0 aliphatic carbocycles. The van der Waals surface area contributed by atoms with Crippen LogP contribution in [0.15, 0.2) is 60.8 Å². The lowest BCUT2D eigenvalue weighted by Crippen LogP contribution is -2.47. The standard InChI is InChI=1S/C67H125N2O7P/c1-7-10-13-16-19-22-25-28-30-32-34-36-38-41-44-47-50-53-56-59-66(70)68-64(63-75-77(72,73)74-62-61-69(4,5)6)65(58-55-52-49-46-43-40-27-24-21-18-15-12-9-3)76-67(71)60-57-54-51-48-45-42-39-37-35-33-31-29-26-23-20-17-14-11-8-2/h20,23,28-31,35,37,55,58,64-65H,7-19,21-22,24-27,32-34,36,38-54,56-57,59-63H2,1-6H3,(H-,68,70,72,73)/b23-20-,30-28+,31-29-,37-35-,58-55+. The van der Waals surface area contributed by atoms with E-state index in [4.69, 9.17) is 13.8 Å². The van der Waals surface area contributed by atoms with Gasteiger partial charge in [0.2, 0.25) is 5.91 Å². The lowest BCUT2D eigenvalue weighted by atomic mass is 10.0. The monoisotopic (exact) mass is 1100 g/mol. The summed E-state index contributed by atoms with van der Waals surface area (Å²) in [5, 5.41) is 3.03. The van der Waals surface area contributed by atoms with Gasteiger partial charge in [-0.1, -0.05) is 255 Å². The van der Waals surface area contributed by atoms with Crippen molar-refractivity contribution in [3.8, 4) is 0 Å². The molecule has 0 aliphatic heterocycles. The van der Waals surface area contributed by atoms with Crippen LogP contribution in [0.2, 0.25) is 0 Å². The number of likely N-dealkylation sites (N-methyl/N-ethyl adjacent to an activating group) is 1. The van der Waals surface area contributed by atoms with Gasteiger partial charge in [-0.15, -0.1) is 0 Å². The summed E-state index contributed by atoms with van der Waals surface area (Å²) in [7, 11) is 1.18. The Hall–Kier alpha value is -2.29. The molecule has 0 saturated heterocycles. The summed E-state index contributed by atoms with van der Waals surface area (Å²) in [6.45, 7) is 6.83. The molecule has 9 nitrogen and oxygen atoms in total. The number of nitrogens with one attached hydrogen (secondary N) is 1. The summed E-state index contributed by atoms with van der Waals surface area (Å²) in [5.41, 5.74) is 0. The molecule has 0 spiro atoms. The van der Waals surface area contributed by atoms with Gasteiger partial charge in [-0.3, -0.25) is 14.2 Å². The highest BCUT2D eigenvalue weighted by atomic mass is 31.2. The molecule has 0 heterocycles. The van der Waals surface area contributed by atoms with Gasteiger partial charge in [0, 0.05) is 12.8 Å². The molecule has 0 fully saturated rings. The van der Waals surface area contributed by atoms with E-state index in [2.05, 4.69) is 74.7 Å². The Morgan fingerprint density at radius 2 is 0.792 bits per heavy atom. The maximum Gasteiger partial charge on any atom is 0.306 e. The summed E-state index contributed by atoms with van der Waals surface area (Å²) >= 11 is 0. The highest BCUT2D eigenvalue weighted by Gasteiger charge is 2.27. The lowest BCUT2D eigenvalue weighted by molar-refractivity contribution is -0.870. The number of ether oxygens (including phenoxy) is 1. The Morgan fingerprint density at radius 3 is 1.22 bits per heavy atom. The van der Waals surface area contributed by atoms with E-state index >= 15 is 0 Å². The first-order chi connectivity index (χ1) is 37.4. The molecule has 0 saturated carbocycles. The molecule has 0 aromatic rings. The summed E-state index contributed by atoms with van der Waals surface area (Å²) in [6, 6.07) is -0.896. The maximum absolute atomic E-state index is 13.6. The molecule has 0 aromatic heterocycles. The van der Waals surface area contributed by atoms with E-state index in [-0.39, 0.29) is 24.9 Å². The second kappa shape index (κ2) is 57.0. The quantitative estimate of drug-likeness (QED) is 0.0212. The molecule has 1 N–H and O–H groups in total. The van der Waals surface area contributed by atoms with Gasteiger partial charge in [0.25, 0.3) is 7.82 Å². The summed E-state index contributed by atoms with van der Waals surface area (Å²) < 4.78 is 30.4. The minimum Gasteiger partial charge on any atom is -0.756 e. The van der Waals surface area contributed by atoms with Gasteiger partial charge < -0.3 is 28.5 Å². The summed E-state index contributed by atoms with van der Waals surface area (Å²) in [4.78, 5) is 40.1. The number of phosphoric ester groups is 1. The van der Waals surface area contributed by atoms with Crippen LogP contribution in [0.25, 0.3) is 0 Å². The van der Waals surface area contributed by atoms with Crippen molar-refractivity contribution in [2.75, 3.05) is 40.9 Å². The van der Waals surface area contributed by atoms with Crippen molar-refractivity contribution in [3.05, 3.63) is 60.8 Å². The van der Waals surface area contributed by atoms with Gasteiger partial charge in [0.05, 0.1) is 33.8 Å². The number of carbonyl (C=O) groups is 2. The van der Waals surface area contributed by atoms with Crippen LogP contribution < -0.4 is 10.2 Å². The Morgan fingerprint density at radius 1 is 0.455 bits per heavy atom. The second-order valence-electron chi connectivity index (χ2n) is 23.3. The van der Waals surface area contributed by atoms with Crippen LogP contribution in [-0.4, -0.2) is 69.4 Å². The van der Waals surface area contributed by atoms with Crippen LogP contribution in [0.1, 0.15) is 303 Å². The fraction of sp³-hybridized carbons (Fsp3) is 0.821. The molecule has 0 aliphatic rings. The summed E-state index contributed by atoms with van der Waals surface area (Å²) in [6.07, 6.45) is 71.8. The van der Waals surface area contributed by atoms with Gasteiger partial charge in [-0.25, -0.2) is 0 Å². The van der Waals surface area contributed by atoms with Crippen molar-refractivity contribution in [1.82, 2.24) is 5.32 Å². The number of rotatable bonds is 59. The van der Waals surface area contributed by atoms with Gasteiger partial charge in [-0.2, -0.15) is 0 Å². The third-order valence-corrected chi connectivity index (χ3v) is 15.4. The van der Waals surface area contributed by atoms with Crippen molar-refractivity contribution < 1.29 is 37.3 Å². The smallest absolute Gasteiger partial charge is 0.306 e. The second-order valence-corrected chi connectivity index (χ2v) is 24.7. The van der Waals surface area contributed by atoms with E-state index in [0.717, 1.165) is 77.0 Å². The highest BCUT2D eigenvalue weighted by Crippen LogP contribution is 2.38. The Labute approximate surface area is 477 Å². The third-order valence-electron chi connectivity index (χ3n) is 14.4. The van der Waals surface area contributed by atoms with Crippen molar-refractivity contribution >= 4 is 19.7 Å². The molecule has 0 aromatic carbocycles. The number of phosphoric acid groups is 1. The number of carbonyl (C=O) groups excluding carboxylic acids is 2. The van der Waals surface area contributed by atoms with E-state index in [1.807, 2.05) is 33.3 Å². The van der Waals surface area contributed by atoms with E-state index in [0.29, 0.717) is 23.9 Å². The zero-order valence-electron chi connectivity index (χ0n) is 51.4. The number of amides is 1. The Bertz CT molecular complexity index is 1500. The number of hydrogen-bond acceptors (Lipinski definition) is 7. The number of esters is 1. The molecule has 10 heteroatoms. The Kier molecular flexibility index (Phi) is 55.3. The third kappa shape index (κ3) is 58.2. The topological polar surface area (TPSA) is 114 Å². The minimum absolute atomic E-state index is 0.0256. The average Bonchev–Trinajstić information content (AvgIpc) is 3.39. The summed E-state index contributed by atoms with van der Waals surface area (Å²) in [5.74, 6) is -0.550. The molecule has 77 heavy (non-hydrogen) atoms. The number of hydrogen-bond donors (Lipinski definition) is 1. The van der Waals surface area contributed by atoms with Gasteiger partial charge in [0.15, 0.2) is 0 Å². The minimum atomic E-state index is -4.70. The van der Waals surface area contributed by atoms with Crippen molar-refractivity contribution in [3.63, 3.8) is 0 Å². The van der Waals surface area contributed by atoms with E-state index in [1.165, 1.54) is 186 Å². The molecular weight excluding hydrogens is 976 g/mol. The normalized spacial score (nSPS) is 14.0. The number of allylic oxidation sites excluding steroid dienone is 9. The largest absolute Gasteiger partial charge is 0.756 e. The fourth-order valence-electron chi connectivity index (χ4n) is 9.35. The molecular formula is C67H125N2O7P. The first kappa shape index (κ1) is 74.7. The molecule has 450 valence electrons. The van der Waals surface area contributed by atoms with Crippen LogP contribution in [0.3, 0.4) is 0 Å². The number of nitrogens with zero attached hydrogens (tertiary/aromatic N) is 1.